The molecule has 0 heterocycles. The van der Waals surface area contributed by atoms with Gasteiger partial charge in [0.1, 0.15) is 11.5 Å². The highest BCUT2D eigenvalue weighted by atomic mass is 31.2. The van der Waals surface area contributed by atoms with Crippen LogP contribution in [0.15, 0.2) is 164 Å². The fourth-order valence-corrected chi connectivity index (χ4v) is 13.9. The average Bonchev–Trinajstić information content (AvgIpc) is 3.07. The number of rotatable bonds is 9. The highest BCUT2D eigenvalue weighted by Crippen LogP contribution is 2.73. The van der Waals surface area contributed by atoms with Crippen molar-refractivity contribution in [3.8, 4) is 5.75 Å². The molecule has 5 aromatic carbocycles. The van der Waals surface area contributed by atoms with Gasteiger partial charge >= 0.3 is 0 Å². The molecule has 0 N–H and O–H groups in total. The predicted octanol–water partition coefficient (Wildman–Crippen LogP) is 7.97. The van der Waals surface area contributed by atoms with Gasteiger partial charge in [-0.2, -0.15) is 0 Å². The SMILES string of the molecule is COC1=C(c2ccccc2OC)C(P(c2ccccc2)c2ccccc2)(P(c2ccccc2)c2ccccc2)CC=C1. The Morgan fingerprint density at radius 3 is 1.31 bits per heavy atom. The Bertz CT molecular complexity index is 1500. The fourth-order valence-electron chi connectivity index (χ4n) is 6.05. The van der Waals surface area contributed by atoms with Gasteiger partial charge in [0.05, 0.1) is 19.1 Å². The van der Waals surface area contributed by atoms with Crippen LogP contribution < -0.4 is 26.0 Å². The normalized spacial score (nSPS) is 14.3. The zero-order valence-electron chi connectivity index (χ0n) is 23.9. The molecule has 2 nitrogen and oxygen atoms in total. The van der Waals surface area contributed by atoms with Crippen LogP contribution in [0.1, 0.15) is 12.0 Å². The molecule has 6 rings (SSSR count). The van der Waals surface area contributed by atoms with Crippen molar-refractivity contribution in [1.29, 1.82) is 0 Å². The maximum Gasteiger partial charge on any atom is 0.126 e. The van der Waals surface area contributed by atoms with Crippen LogP contribution in [0.5, 0.6) is 5.75 Å². The summed E-state index contributed by atoms with van der Waals surface area (Å²) in [5.74, 6) is 1.75. The largest absolute Gasteiger partial charge is 0.496 e. The van der Waals surface area contributed by atoms with Crippen LogP contribution in [0.25, 0.3) is 5.57 Å². The molecular formula is C38H34O2P2. The van der Waals surface area contributed by atoms with Crippen LogP contribution in [0, 0.1) is 0 Å². The molecule has 1 aliphatic rings. The van der Waals surface area contributed by atoms with E-state index in [1.165, 1.54) is 26.8 Å². The first-order chi connectivity index (χ1) is 20.8. The van der Waals surface area contributed by atoms with Crippen molar-refractivity contribution in [2.24, 2.45) is 0 Å². The van der Waals surface area contributed by atoms with E-state index in [2.05, 4.69) is 152 Å². The van der Waals surface area contributed by atoms with Gasteiger partial charge in [-0.25, -0.2) is 0 Å². The zero-order valence-corrected chi connectivity index (χ0v) is 25.7. The first-order valence-corrected chi connectivity index (χ1v) is 16.9. The van der Waals surface area contributed by atoms with E-state index in [0.717, 1.165) is 23.5 Å². The smallest absolute Gasteiger partial charge is 0.126 e. The number of benzene rings is 5. The van der Waals surface area contributed by atoms with E-state index in [0.29, 0.717) is 0 Å². The Morgan fingerprint density at radius 1 is 0.500 bits per heavy atom. The summed E-state index contributed by atoms with van der Waals surface area (Å²) in [4.78, 5) is -0.370. The van der Waals surface area contributed by atoms with Gasteiger partial charge in [-0.3, -0.25) is 0 Å². The lowest BCUT2D eigenvalue weighted by molar-refractivity contribution is 0.306. The summed E-state index contributed by atoms with van der Waals surface area (Å²) in [6, 6.07) is 52.8. The van der Waals surface area contributed by atoms with Gasteiger partial charge in [0, 0.05) is 11.1 Å². The summed E-state index contributed by atoms with van der Waals surface area (Å²) >= 11 is 0. The van der Waals surface area contributed by atoms with Crippen molar-refractivity contribution in [3.63, 3.8) is 0 Å². The van der Waals surface area contributed by atoms with Gasteiger partial charge < -0.3 is 9.47 Å². The van der Waals surface area contributed by atoms with Gasteiger partial charge in [-0.05, 0) is 55.6 Å². The molecule has 0 fully saturated rings. The molecule has 0 saturated heterocycles. The van der Waals surface area contributed by atoms with Gasteiger partial charge in [0.15, 0.2) is 0 Å². The van der Waals surface area contributed by atoms with Gasteiger partial charge in [-0.1, -0.05) is 146 Å². The van der Waals surface area contributed by atoms with Crippen molar-refractivity contribution in [2.75, 3.05) is 14.2 Å². The van der Waals surface area contributed by atoms with Crippen molar-refractivity contribution in [3.05, 3.63) is 169 Å². The second-order valence-corrected chi connectivity index (χ2v) is 15.4. The van der Waals surface area contributed by atoms with Crippen molar-refractivity contribution >= 4 is 42.6 Å². The minimum Gasteiger partial charge on any atom is -0.496 e. The molecular weight excluding hydrogens is 550 g/mol. The molecule has 0 spiro atoms. The summed E-state index contributed by atoms with van der Waals surface area (Å²) in [7, 11) is 1.63. The summed E-state index contributed by atoms with van der Waals surface area (Å²) in [5.41, 5.74) is 2.29. The van der Waals surface area contributed by atoms with Crippen LogP contribution in [0.4, 0.5) is 0 Å². The first-order valence-electron chi connectivity index (χ1n) is 14.2. The molecule has 0 aliphatic heterocycles. The number of methoxy groups -OCH3 is 2. The molecule has 4 heteroatoms. The van der Waals surface area contributed by atoms with Crippen LogP contribution in [-0.4, -0.2) is 19.1 Å². The third-order valence-corrected chi connectivity index (χ3v) is 14.5. The molecule has 0 aromatic heterocycles. The van der Waals surface area contributed by atoms with Crippen molar-refractivity contribution < 1.29 is 9.47 Å². The van der Waals surface area contributed by atoms with E-state index < -0.39 is 15.8 Å². The molecule has 1 aliphatic carbocycles. The summed E-state index contributed by atoms with van der Waals surface area (Å²) in [5, 5.41) is 5.37. The number of allylic oxidation sites excluding steroid dienone is 3. The van der Waals surface area contributed by atoms with E-state index in [9.17, 15) is 0 Å². The maximum atomic E-state index is 6.31. The minimum atomic E-state index is -0.968. The molecule has 5 aromatic rings. The summed E-state index contributed by atoms with van der Waals surface area (Å²) in [6.45, 7) is 0. The van der Waals surface area contributed by atoms with E-state index in [-0.39, 0.29) is 4.90 Å². The molecule has 0 amide bonds. The van der Waals surface area contributed by atoms with E-state index in [4.69, 9.17) is 9.47 Å². The molecule has 0 atom stereocenters. The summed E-state index contributed by atoms with van der Waals surface area (Å²) < 4.78 is 12.4. The Kier molecular flexibility index (Phi) is 8.66. The second-order valence-electron chi connectivity index (χ2n) is 10.1. The predicted molar refractivity (Wildman–Crippen MR) is 182 cm³/mol. The number of ether oxygens (including phenoxy) is 2. The average molecular weight is 585 g/mol. The monoisotopic (exact) mass is 584 g/mol. The number of para-hydroxylation sites is 1. The lowest BCUT2D eigenvalue weighted by Crippen LogP contribution is -2.41. The molecule has 42 heavy (non-hydrogen) atoms. The van der Waals surface area contributed by atoms with Crippen LogP contribution in [0.2, 0.25) is 0 Å². The Labute approximate surface area is 251 Å². The van der Waals surface area contributed by atoms with E-state index >= 15 is 0 Å². The van der Waals surface area contributed by atoms with Gasteiger partial charge in [-0.15, -0.1) is 0 Å². The van der Waals surface area contributed by atoms with Gasteiger partial charge in [0.2, 0.25) is 0 Å². The highest BCUT2D eigenvalue weighted by molar-refractivity contribution is 7.91. The lowest BCUT2D eigenvalue weighted by Gasteiger charge is -2.50. The maximum absolute atomic E-state index is 6.31. The van der Waals surface area contributed by atoms with E-state index in [1.807, 2.05) is 6.07 Å². The molecule has 208 valence electrons. The lowest BCUT2D eigenvalue weighted by atomic mass is 9.94. The second kappa shape index (κ2) is 12.9. The Morgan fingerprint density at radius 2 is 0.905 bits per heavy atom. The third-order valence-electron chi connectivity index (χ3n) is 7.71. The van der Waals surface area contributed by atoms with Crippen LogP contribution in [-0.2, 0) is 4.74 Å². The van der Waals surface area contributed by atoms with E-state index in [1.54, 1.807) is 14.2 Å². The van der Waals surface area contributed by atoms with Crippen LogP contribution >= 0.6 is 15.8 Å². The Hall–Kier alpha value is -3.96. The van der Waals surface area contributed by atoms with Crippen LogP contribution in [0.3, 0.4) is 0 Å². The van der Waals surface area contributed by atoms with Gasteiger partial charge in [0.25, 0.3) is 0 Å². The number of hydrogen-bond acceptors (Lipinski definition) is 2. The number of hydrogen-bond donors (Lipinski definition) is 0. The minimum absolute atomic E-state index is 0.370. The fraction of sp³-hybridized carbons (Fsp3) is 0.105. The Balaban J connectivity index is 1.80. The molecule has 0 bridgehead atoms. The third kappa shape index (κ3) is 5.22. The standard InChI is InChI=1S/C38H34O2P2/c1-39-35-27-16-15-26-34(35)37-36(40-2)28-17-29-38(37,41(30-18-7-3-8-19-30)31-20-9-4-10-21-31)42(32-22-11-5-12-23-32)33-24-13-6-14-25-33/h3-28H,29H2,1-2H3. The van der Waals surface area contributed by atoms with Crippen molar-refractivity contribution in [1.82, 2.24) is 0 Å². The zero-order chi connectivity index (χ0) is 28.8. The quantitative estimate of drug-likeness (QED) is 0.164. The highest BCUT2D eigenvalue weighted by Gasteiger charge is 2.53. The van der Waals surface area contributed by atoms with Crippen molar-refractivity contribution in [2.45, 2.75) is 11.3 Å². The molecule has 0 saturated carbocycles. The molecule has 0 unspecified atom stereocenters. The summed E-state index contributed by atoms with van der Waals surface area (Å²) in [6.07, 6.45) is 5.35. The topological polar surface area (TPSA) is 18.5 Å². The molecule has 0 radical (unpaired) electrons. The first kappa shape index (κ1) is 28.2.